The number of anilines is 1. The Hall–Kier alpha value is -2.74. The Kier molecular flexibility index (Phi) is 7.52. The molecule has 32 heavy (non-hydrogen) atoms. The summed E-state index contributed by atoms with van der Waals surface area (Å²) in [5.74, 6) is 0.600. The molecule has 4 rings (SSSR count). The summed E-state index contributed by atoms with van der Waals surface area (Å²) in [7, 11) is 0. The van der Waals surface area contributed by atoms with Gasteiger partial charge in [-0.15, -0.1) is 0 Å². The molecular formula is C24H33N5O3. The summed E-state index contributed by atoms with van der Waals surface area (Å²) >= 11 is 0. The molecular weight excluding hydrogens is 406 g/mol. The quantitative estimate of drug-likeness (QED) is 0.655. The van der Waals surface area contributed by atoms with Crippen molar-refractivity contribution in [3.05, 3.63) is 52.2 Å². The summed E-state index contributed by atoms with van der Waals surface area (Å²) in [6.07, 6.45) is 10.8. The number of pyridine rings is 1. The molecule has 3 heterocycles. The number of aromatic amines is 1. The fraction of sp³-hybridized carbons (Fsp3) is 0.583. The summed E-state index contributed by atoms with van der Waals surface area (Å²) in [6.45, 7) is 3.22. The zero-order valence-electron chi connectivity index (χ0n) is 18.8. The minimum absolute atomic E-state index is 0.0447. The molecule has 2 N–H and O–H groups in total. The van der Waals surface area contributed by atoms with Crippen molar-refractivity contribution < 1.29 is 9.53 Å². The average Bonchev–Trinajstić information content (AvgIpc) is 3.26. The largest absolute Gasteiger partial charge is 0.370 e. The third-order valence-corrected chi connectivity index (χ3v) is 6.74. The topological polar surface area (TPSA) is 100 Å². The molecule has 0 aromatic carbocycles. The molecule has 2 aliphatic rings. The van der Waals surface area contributed by atoms with Crippen molar-refractivity contribution in [2.45, 2.75) is 64.0 Å². The molecule has 0 unspecified atom stereocenters. The van der Waals surface area contributed by atoms with Crippen LogP contribution in [0.15, 0.2) is 35.4 Å². The van der Waals surface area contributed by atoms with Crippen LogP contribution < -0.4 is 15.8 Å². The van der Waals surface area contributed by atoms with Gasteiger partial charge in [0.15, 0.2) is 0 Å². The van der Waals surface area contributed by atoms with E-state index < -0.39 is 0 Å². The van der Waals surface area contributed by atoms with Crippen LogP contribution in [0.25, 0.3) is 0 Å². The maximum Gasteiger partial charge on any atom is 0.269 e. The van der Waals surface area contributed by atoms with E-state index >= 15 is 0 Å². The molecule has 0 spiro atoms. The van der Waals surface area contributed by atoms with Crippen LogP contribution >= 0.6 is 0 Å². The molecule has 172 valence electrons. The van der Waals surface area contributed by atoms with E-state index in [-0.39, 0.29) is 30.2 Å². The smallest absolute Gasteiger partial charge is 0.269 e. The zero-order chi connectivity index (χ0) is 22.3. The minimum atomic E-state index is -0.164. The third-order valence-electron chi connectivity index (χ3n) is 6.74. The maximum absolute atomic E-state index is 12.4. The van der Waals surface area contributed by atoms with Crippen LogP contribution in [-0.2, 0) is 16.0 Å². The SMILES string of the molecule is Cc1c(N2CCC[C@H]2COCC(=O)NC2CCC(Cc3ccccn3)CC2)cn[nH]c1=O. The van der Waals surface area contributed by atoms with Gasteiger partial charge in [-0.2, -0.15) is 5.10 Å². The van der Waals surface area contributed by atoms with Gasteiger partial charge in [0.25, 0.3) is 5.56 Å². The molecule has 1 saturated carbocycles. The Morgan fingerprint density at radius 3 is 2.88 bits per heavy atom. The monoisotopic (exact) mass is 439 g/mol. The first-order valence-electron chi connectivity index (χ1n) is 11.7. The number of ether oxygens (including phenoxy) is 1. The Morgan fingerprint density at radius 2 is 2.09 bits per heavy atom. The number of hydrogen-bond acceptors (Lipinski definition) is 6. The van der Waals surface area contributed by atoms with Crippen molar-refractivity contribution >= 4 is 11.6 Å². The standard InChI is InChI=1S/C24H33N5O3/c1-17-22(14-26-28-24(17)31)29-12-4-6-21(29)15-32-16-23(30)27-19-9-7-18(8-10-19)13-20-5-2-3-11-25-20/h2-3,5,11,14,18-19,21H,4,6-10,12-13,15-16H2,1H3,(H,27,30)(H,28,31)/t18?,19?,21-/m0/s1. The first-order chi connectivity index (χ1) is 15.6. The van der Waals surface area contributed by atoms with E-state index in [2.05, 4.69) is 31.5 Å². The molecule has 1 amide bonds. The summed E-state index contributed by atoms with van der Waals surface area (Å²) in [6, 6.07) is 6.47. The molecule has 1 atom stereocenters. The normalized spacial score (nSPS) is 23.3. The molecule has 1 saturated heterocycles. The summed E-state index contributed by atoms with van der Waals surface area (Å²) in [4.78, 5) is 30.9. The number of rotatable bonds is 8. The van der Waals surface area contributed by atoms with Crippen LogP contribution in [-0.4, -0.2) is 52.9 Å². The summed E-state index contributed by atoms with van der Waals surface area (Å²) in [5, 5.41) is 9.55. The first kappa shape index (κ1) is 22.5. The van der Waals surface area contributed by atoms with E-state index in [1.54, 1.807) is 6.20 Å². The Labute approximate surface area is 188 Å². The highest BCUT2D eigenvalue weighted by molar-refractivity contribution is 5.77. The van der Waals surface area contributed by atoms with E-state index in [9.17, 15) is 9.59 Å². The van der Waals surface area contributed by atoms with Crippen molar-refractivity contribution in [1.82, 2.24) is 20.5 Å². The highest BCUT2D eigenvalue weighted by Crippen LogP contribution is 2.27. The third kappa shape index (κ3) is 5.73. The number of amides is 1. The molecule has 2 aromatic heterocycles. The van der Waals surface area contributed by atoms with Crippen LogP contribution in [0.4, 0.5) is 5.69 Å². The fourth-order valence-electron chi connectivity index (χ4n) is 4.95. The molecule has 2 aromatic rings. The Balaban J connectivity index is 1.17. The highest BCUT2D eigenvalue weighted by Gasteiger charge is 2.27. The zero-order valence-corrected chi connectivity index (χ0v) is 18.8. The molecule has 1 aliphatic heterocycles. The van der Waals surface area contributed by atoms with Gasteiger partial charge in [0.2, 0.25) is 5.91 Å². The number of H-pyrrole nitrogens is 1. The van der Waals surface area contributed by atoms with Gasteiger partial charge in [-0.3, -0.25) is 14.6 Å². The number of hydrogen-bond donors (Lipinski definition) is 2. The van der Waals surface area contributed by atoms with Crippen LogP contribution in [0.1, 0.15) is 49.8 Å². The predicted octanol–water partition coefficient (Wildman–Crippen LogP) is 2.38. The van der Waals surface area contributed by atoms with Gasteiger partial charge in [-0.05, 0) is 69.9 Å². The van der Waals surface area contributed by atoms with Gasteiger partial charge in [0.1, 0.15) is 6.61 Å². The van der Waals surface area contributed by atoms with Crippen molar-refractivity contribution in [3.63, 3.8) is 0 Å². The average molecular weight is 440 g/mol. The Bertz CT molecular complexity index is 940. The lowest BCUT2D eigenvalue weighted by Gasteiger charge is -2.29. The molecule has 2 fully saturated rings. The second-order valence-electron chi connectivity index (χ2n) is 9.02. The van der Waals surface area contributed by atoms with Crippen molar-refractivity contribution in [2.24, 2.45) is 5.92 Å². The van der Waals surface area contributed by atoms with Crippen molar-refractivity contribution in [2.75, 3.05) is 24.7 Å². The van der Waals surface area contributed by atoms with Gasteiger partial charge in [-0.25, -0.2) is 5.10 Å². The fourth-order valence-corrected chi connectivity index (χ4v) is 4.95. The van der Waals surface area contributed by atoms with Gasteiger partial charge in [-0.1, -0.05) is 6.07 Å². The van der Waals surface area contributed by atoms with Crippen LogP contribution in [0.3, 0.4) is 0 Å². The maximum atomic E-state index is 12.4. The van der Waals surface area contributed by atoms with Gasteiger partial charge in [0, 0.05) is 30.0 Å². The van der Waals surface area contributed by atoms with Crippen LogP contribution in [0.2, 0.25) is 0 Å². The Morgan fingerprint density at radius 1 is 1.25 bits per heavy atom. The van der Waals surface area contributed by atoms with Gasteiger partial charge in [0.05, 0.1) is 24.5 Å². The van der Waals surface area contributed by atoms with E-state index in [4.69, 9.17) is 4.74 Å². The number of aromatic nitrogens is 3. The molecule has 8 heteroatoms. The number of carbonyl (C=O) groups excluding carboxylic acids is 1. The first-order valence-corrected chi connectivity index (χ1v) is 11.7. The van der Waals surface area contributed by atoms with E-state index in [0.29, 0.717) is 18.1 Å². The van der Waals surface area contributed by atoms with Gasteiger partial charge >= 0.3 is 0 Å². The van der Waals surface area contributed by atoms with Crippen LogP contribution in [0, 0.1) is 12.8 Å². The molecule has 1 aliphatic carbocycles. The molecule has 8 nitrogen and oxygen atoms in total. The summed E-state index contributed by atoms with van der Waals surface area (Å²) in [5.41, 5.74) is 2.51. The van der Waals surface area contributed by atoms with E-state index in [1.807, 2.05) is 25.3 Å². The molecule has 0 radical (unpaired) electrons. The van der Waals surface area contributed by atoms with E-state index in [1.165, 1.54) is 0 Å². The minimum Gasteiger partial charge on any atom is -0.370 e. The highest BCUT2D eigenvalue weighted by atomic mass is 16.5. The second-order valence-corrected chi connectivity index (χ2v) is 9.02. The predicted molar refractivity (Wildman–Crippen MR) is 123 cm³/mol. The second kappa shape index (κ2) is 10.7. The number of carbonyl (C=O) groups is 1. The lowest BCUT2D eigenvalue weighted by atomic mass is 9.83. The van der Waals surface area contributed by atoms with Crippen LogP contribution in [0.5, 0.6) is 0 Å². The van der Waals surface area contributed by atoms with Gasteiger partial charge < -0.3 is 15.0 Å². The van der Waals surface area contributed by atoms with Crippen molar-refractivity contribution in [3.8, 4) is 0 Å². The molecule has 0 bridgehead atoms. The number of nitrogens with one attached hydrogen (secondary N) is 2. The lowest BCUT2D eigenvalue weighted by Crippen LogP contribution is -2.41. The number of nitrogens with zero attached hydrogens (tertiary/aromatic N) is 3. The van der Waals surface area contributed by atoms with E-state index in [0.717, 1.165) is 62.9 Å². The summed E-state index contributed by atoms with van der Waals surface area (Å²) < 4.78 is 5.77. The lowest BCUT2D eigenvalue weighted by molar-refractivity contribution is -0.126. The van der Waals surface area contributed by atoms with Crippen molar-refractivity contribution in [1.29, 1.82) is 0 Å².